The van der Waals surface area contributed by atoms with Crippen molar-refractivity contribution in [1.82, 2.24) is 10.4 Å². The Morgan fingerprint density at radius 1 is 1.40 bits per heavy atom. The lowest BCUT2D eigenvalue weighted by molar-refractivity contribution is -0.163. The molecule has 0 saturated heterocycles. The van der Waals surface area contributed by atoms with E-state index in [1.165, 1.54) is 19.3 Å². The van der Waals surface area contributed by atoms with Crippen LogP contribution in [0.15, 0.2) is 22.9 Å². The molecule has 0 radical (unpaired) electrons. The lowest BCUT2D eigenvalue weighted by atomic mass is 9.84. The molecule has 0 bridgehead atoms. The number of aliphatic hydroxyl groups excluding tert-OH is 1. The van der Waals surface area contributed by atoms with Gasteiger partial charge in [0.1, 0.15) is 0 Å². The number of hydrogen-bond donors (Lipinski definition) is 3. The first-order chi connectivity index (χ1) is 9.65. The van der Waals surface area contributed by atoms with Crippen molar-refractivity contribution in [3.05, 3.63) is 22.9 Å². The van der Waals surface area contributed by atoms with Crippen molar-refractivity contribution in [2.75, 3.05) is 13.1 Å². The average Bonchev–Trinajstić information content (AvgIpc) is 2.47. The topological polar surface area (TPSA) is 55.7 Å². The van der Waals surface area contributed by atoms with E-state index < -0.39 is 6.23 Å². The number of allylic oxidation sites excluding steroid dienone is 3. The highest BCUT2D eigenvalue weighted by Gasteiger charge is 2.31. The second-order valence-corrected chi connectivity index (χ2v) is 5.64. The number of rotatable bonds is 4. The fourth-order valence-electron chi connectivity index (χ4n) is 3.08. The maximum absolute atomic E-state index is 10.3. The van der Waals surface area contributed by atoms with Gasteiger partial charge >= 0.3 is 0 Å². The predicted octanol–water partition coefficient (Wildman–Crippen LogP) is 2.01. The molecule has 4 heteroatoms. The van der Waals surface area contributed by atoms with E-state index in [2.05, 4.69) is 11.2 Å². The first kappa shape index (κ1) is 15.1. The molecule has 0 aromatic carbocycles. The molecule has 1 aliphatic carbocycles. The van der Waals surface area contributed by atoms with Crippen molar-refractivity contribution < 1.29 is 10.3 Å². The lowest BCUT2D eigenvalue weighted by Gasteiger charge is -2.37. The number of hydrogen-bond acceptors (Lipinski definition) is 4. The van der Waals surface area contributed by atoms with Crippen molar-refractivity contribution in [2.45, 2.75) is 45.3 Å². The molecule has 1 heterocycles. The number of aliphatic hydroxyl groups is 1. The van der Waals surface area contributed by atoms with Gasteiger partial charge in [-0.25, -0.2) is 5.06 Å². The van der Waals surface area contributed by atoms with Crippen LogP contribution in [0.2, 0.25) is 0 Å². The summed E-state index contributed by atoms with van der Waals surface area (Å²) < 4.78 is 0. The number of nitrogens with one attached hydrogen (secondary N) is 1. The molecule has 0 amide bonds. The van der Waals surface area contributed by atoms with Crippen molar-refractivity contribution in [2.24, 2.45) is 5.92 Å². The summed E-state index contributed by atoms with van der Waals surface area (Å²) in [6.45, 7) is 2.92. The van der Waals surface area contributed by atoms with Crippen LogP contribution in [-0.2, 0) is 0 Å². The molecule has 1 fully saturated rings. The zero-order valence-corrected chi connectivity index (χ0v) is 12.1. The van der Waals surface area contributed by atoms with E-state index in [0.717, 1.165) is 34.7 Å². The van der Waals surface area contributed by atoms with Gasteiger partial charge in [0.25, 0.3) is 0 Å². The van der Waals surface area contributed by atoms with Gasteiger partial charge in [-0.3, -0.25) is 5.21 Å². The molecule has 2 rings (SSSR count). The molecule has 2 aliphatic rings. The van der Waals surface area contributed by atoms with Crippen LogP contribution in [0.3, 0.4) is 0 Å². The van der Waals surface area contributed by atoms with E-state index in [1.54, 1.807) is 0 Å². The first-order valence-corrected chi connectivity index (χ1v) is 7.36. The quantitative estimate of drug-likeness (QED) is 0.543. The van der Waals surface area contributed by atoms with Crippen molar-refractivity contribution in [1.29, 1.82) is 0 Å². The van der Waals surface area contributed by atoms with Crippen LogP contribution in [0.1, 0.15) is 39.0 Å². The minimum Gasteiger partial charge on any atom is -0.368 e. The lowest BCUT2D eigenvalue weighted by Crippen LogP contribution is -2.41. The average molecular weight is 276 g/mol. The standard InChI is InChI=1S/C16H24N2O2/c1-3-9-17-11-14-12(2)10-15(18(20)16(14)19)13-7-5-4-6-8-13/h1,10,13,16-17,19-20H,4-9,11H2,2H3. The molecule has 4 nitrogen and oxygen atoms in total. The molecule has 1 saturated carbocycles. The molecule has 0 spiro atoms. The van der Waals surface area contributed by atoms with Crippen LogP contribution in [0.4, 0.5) is 0 Å². The Labute approximate surface area is 121 Å². The Morgan fingerprint density at radius 3 is 2.75 bits per heavy atom. The SMILES string of the molecule is C#CCNCC1=C(C)C=C(C2CCCCC2)N(O)C1O. The minimum absolute atomic E-state index is 0.360. The Hall–Kier alpha value is -1.28. The van der Waals surface area contributed by atoms with Crippen LogP contribution in [0, 0.1) is 18.3 Å². The third-order valence-corrected chi connectivity index (χ3v) is 4.24. The van der Waals surface area contributed by atoms with Crippen molar-refractivity contribution in [3.63, 3.8) is 0 Å². The highest BCUT2D eigenvalue weighted by molar-refractivity contribution is 5.35. The molecule has 1 aliphatic heterocycles. The molecule has 0 aromatic rings. The molecule has 1 unspecified atom stereocenters. The summed E-state index contributed by atoms with van der Waals surface area (Å²) in [6, 6.07) is 0. The Morgan fingerprint density at radius 2 is 2.10 bits per heavy atom. The monoisotopic (exact) mass is 276 g/mol. The zero-order valence-electron chi connectivity index (χ0n) is 12.1. The van der Waals surface area contributed by atoms with Gasteiger partial charge in [0, 0.05) is 18.2 Å². The summed E-state index contributed by atoms with van der Waals surface area (Å²) in [7, 11) is 0. The number of nitrogens with zero attached hydrogens (tertiary/aromatic N) is 1. The molecule has 3 N–H and O–H groups in total. The van der Waals surface area contributed by atoms with E-state index in [-0.39, 0.29) is 0 Å². The molecule has 110 valence electrons. The maximum atomic E-state index is 10.3. The molecule has 1 atom stereocenters. The van der Waals surface area contributed by atoms with E-state index >= 15 is 0 Å². The second kappa shape index (κ2) is 6.94. The molecule has 0 aromatic heterocycles. The van der Waals surface area contributed by atoms with E-state index in [0.29, 0.717) is 19.0 Å². The van der Waals surface area contributed by atoms with Gasteiger partial charge < -0.3 is 10.4 Å². The van der Waals surface area contributed by atoms with Crippen molar-refractivity contribution >= 4 is 0 Å². The van der Waals surface area contributed by atoms with Crippen LogP contribution < -0.4 is 5.32 Å². The number of terminal acetylenes is 1. The fraction of sp³-hybridized carbons (Fsp3) is 0.625. The number of hydroxylamine groups is 2. The second-order valence-electron chi connectivity index (χ2n) is 5.64. The van der Waals surface area contributed by atoms with E-state index in [4.69, 9.17) is 6.42 Å². The van der Waals surface area contributed by atoms with Crippen LogP contribution >= 0.6 is 0 Å². The highest BCUT2D eigenvalue weighted by atomic mass is 16.5. The molecular weight excluding hydrogens is 252 g/mol. The van der Waals surface area contributed by atoms with E-state index in [1.807, 2.05) is 13.0 Å². The summed E-state index contributed by atoms with van der Waals surface area (Å²) >= 11 is 0. The summed E-state index contributed by atoms with van der Waals surface area (Å²) in [5.41, 5.74) is 2.66. The van der Waals surface area contributed by atoms with Crippen LogP contribution in [-0.4, -0.2) is 34.7 Å². The van der Waals surface area contributed by atoms with Gasteiger partial charge in [-0.2, -0.15) is 0 Å². The Kier molecular flexibility index (Phi) is 5.24. The summed E-state index contributed by atoms with van der Waals surface area (Å²) in [5, 5.41) is 24.6. The third kappa shape index (κ3) is 3.24. The van der Waals surface area contributed by atoms with E-state index in [9.17, 15) is 10.3 Å². The Balaban J connectivity index is 2.14. The Bertz CT molecular complexity index is 442. The zero-order chi connectivity index (χ0) is 14.5. The molecular formula is C16H24N2O2. The van der Waals surface area contributed by atoms with Gasteiger partial charge in [0.15, 0.2) is 6.23 Å². The van der Waals surface area contributed by atoms with Gasteiger partial charge in [0.05, 0.1) is 6.54 Å². The van der Waals surface area contributed by atoms with Gasteiger partial charge in [0.2, 0.25) is 0 Å². The summed E-state index contributed by atoms with van der Waals surface area (Å²) in [4.78, 5) is 0. The largest absolute Gasteiger partial charge is 0.368 e. The van der Waals surface area contributed by atoms with Gasteiger partial charge in [-0.15, -0.1) is 6.42 Å². The summed E-state index contributed by atoms with van der Waals surface area (Å²) in [6.07, 6.45) is 12.1. The third-order valence-electron chi connectivity index (χ3n) is 4.24. The fourth-order valence-corrected chi connectivity index (χ4v) is 3.08. The van der Waals surface area contributed by atoms with Crippen LogP contribution in [0.5, 0.6) is 0 Å². The maximum Gasteiger partial charge on any atom is 0.174 e. The minimum atomic E-state index is -0.970. The van der Waals surface area contributed by atoms with Crippen molar-refractivity contribution in [3.8, 4) is 12.3 Å². The highest BCUT2D eigenvalue weighted by Crippen LogP contribution is 2.35. The summed E-state index contributed by atoms with van der Waals surface area (Å²) in [5.74, 6) is 2.86. The normalized spacial score (nSPS) is 24.6. The van der Waals surface area contributed by atoms with Gasteiger partial charge in [-0.05, 0) is 37.0 Å². The molecule has 20 heavy (non-hydrogen) atoms. The first-order valence-electron chi connectivity index (χ1n) is 7.36. The van der Waals surface area contributed by atoms with Gasteiger partial charge in [-0.1, -0.05) is 25.2 Å². The smallest absolute Gasteiger partial charge is 0.174 e. The van der Waals surface area contributed by atoms with Crippen LogP contribution in [0.25, 0.3) is 0 Å². The predicted molar refractivity (Wildman–Crippen MR) is 78.7 cm³/mol.